The Kier molecular flexibility index (Phi) is 7.49. The van der Waals surface area contributed by atoms with E-state index in [1.165, 1.54) is 0 Å². The SMILES string of the molecule is CCOc1cc(/C=C2\N=C(c3ccc(I)c(C)c3)OC2=O)ccc1OCc1ccccc1Br. The first kappa shape index (κ1) is 23.5. The Labute approximate surface area is 214 Å². The number of benzene rings is 3. The Morgan fingerprint density at radius 2 is 1.88 bits per heavy atom. The highest BCUT2D eigenvalue weighted by Crippen LogP contribution is 2.31. The van der Waals surface area contributed by atoms with Crippen molar-refractivity contribution in [3.8, 4) is 11.5 Å². The Hall–Kier alpha value is -2.65. The molecule has 1 aliphatic rings. The lowest BCUT2D eigenvalue weighted by molar-refractivity contribution is -0.129. The molecule has 0 bridgehead atoms. The van der Waals surface area contributed by atoms with Crippen molar-refractivity contribution in [1.29, 1.82) is 0 Å². The molecule has 4 rings (SSSR count). The summed E-state index contributed by atoms with van der Waals surface area (Å²) in [5, 5.41) is 0. The fourth-order valence-electron chi connectivity index (χ4n) is 3.24. The summed E-state index contributed by atoms with van der Waals surface area (Å²) in [6, 6.07) is 19.3. The van der Waals surface area contributed by atoms with Gasteiger partial charge < -0.3 is 14.2 Å². The van der Waals surface area contributed by atoms with Crippen LogP contribution in [0.15, 0.2) is 75.8 Å². The van der Waals surface area contributed by atoms with Gasteiger partial charge in [0, 0.05) is 19.2 Å². The standard InChI is InChI=1S/C26H21BrINO4/c1-3-31-24-14-17(8-11-23(24)32-15-19-6-4-5-7-20(19)27)13-22-26(30)33-25(29-22)18-9-10-21(28)16(2)12-18/h4-14H,3,15H2,1-2H3/b22-13-. The zero-order valence-corrected chi connectivity index (χ0v) is 21.8. The van der Waals surface area contributed by atoms with Gasteiger partial charge in [0.1, 0.15) is 6.61 Å². The number of nitrogens with zero attached hydrogens (tertiary/aromatic N) is 1. The zero-order valence-electron chi connectivity index (χ0n) is 18.1. The average molecular weight is 618 g/mol. The average Bonchev–Trinajstić information content (AvgIpc) is 3.16. The van der Waals surface area contributed by atoms with Gasteiger partial charge in [0.15, 0.2) is 17.2 Å². The maximum absolute atomic E-state index is 12.4. The van der Waals surface area contributed by atoms with Gasteiger partial charge >= 0.3 is 5.97 Å². The molecule has 3 aromatic rings. The van der Waals surface area contributed by atoms with Gasteiger partial charge in [0.05, 0.1) is 6.61 Å². The summed E-state index contributed by atoms with van der Waals surface area (Å²) in [6.45, 7) is 4.81. The van der Waals surface area contributed by atoms with Crippen LogP contribution in [-0.4, -0.2) is 18.5 Å². The summed E-state index contributed by atoms with van der Waals surface area (Å²) in [4.78, 5) is 16.8. The van der Waals surface area contributed by atoms with Gasteiger partial charge in [0.25, 0.3) is 0 Å². The van der Waals surface area contributed by atoms with Crippen LogP contribution < -0.4 is 9.47 Å². The predicted octanol–water partition coefficient (Wildman–Crippen LogP) is 6.68. The fourth-order valence-corrected chi connectivity index (χ4v) is 3.98. The third-order valence-electron chi connectivity index (χ3n) is 4.94. The van der Waals surface area contributed by atoms with Crippen molar-refractivity contribution in [2.45, 2.75) is 20.5 Å². The molecule has 0 N–H and O–H groups in total. The van der Waals surface area contributed by atoms with E-state index in [2.05, 4.69) is 43.5 Å². The van der Waals surface area contributed by atoms with Gasteiger partial charge in [0.2, 0.25) is 5.90 Å². The Bertz CT molecular complexity index is 1270. The largest absolute Gasteiger partial charge is 0.490 e. The minimum atomic E-state index is -0.478. The fraction of sp³-hybridized carbons (Fsp3) is 0.154. The van der Waals surface area contributed by atoms with Gasteiger partial charge in [-0.1, -0.05) is 40.2 Å². The van der Waals surface area contributed by atoms with E-state index in [1.54, 1.807) is 6.08 Å². The number of carbonyl (C=O) groups excluding carboxylic acids is 1. The second kappa shape index (κ2) is 10.5. The molecule has 0 aliphatic carbocycles. The number of aryl methyl sites for hydroxylation is 1. The molecule has 0 unspecified atom stereocenters. The van der Waals surface area contributed by atoms with Crippen molar-refractivity contribution in [1.82, 2.24) is 0 Å². The first-order chi connectivity index (χ1) is 15.9. The zero-order chi connectivity index (χ0) is 23.4. The third kappa shape index (κ3) is 5.65. The molecule has 3 aromatic carbocycles. The van der Waals surface area contributed by atoms with E-state index < -0.39 is 5.97 Å². The van der Waals surface area contributed by atoms with E-state index in [0.717, 1.165) is 30.3 Å². The van der Waals surface area contributed by atoms with Crippen molar-refractivity contribution < 1.29 is 19.0 Å². The minimum Gasteiger partial charge on any atom is -0.490 e. The Morgan fingerprint density at radius 3 is 2.64 bits per heavy atom. The van der Waals surface area contributed by atoms with Crippen molar-refractivity contribution in [3.63, 3.8) is 0 Å². The number of cyclic esters (lactones) is 1. The number of rotatable bonds is 7. The molecule has 1 heterocycles. The van der Waals surface area contributed by atoms with Gasteiger partial charge in [-0.15, -0.1) is 0 Å². The molecular weight excluding hydrogens is 597 g/mol. The van der Waals surface area contributed by atoms with Crippen LogP contribution in [-0.2, 0) is 16.1 Å². The number of hydrogen-bond acceptors (Lipinski definition) is 5. The highest BCUT2D eigenvalue weighted by Gasteiger charge is 2.24. The molecule has 0 atom stereocenters. The molecule has 0 radical (unpaired) electrons. The monoisotopic (exact) mass is 617 g/mol. The third-order valence-corrected chi connectivity index (χ3v) is 6.92. The number of hydrogen-bond donors (Lipinski definition) is 0. The number of esters is 1. The number of aliphatic imine (C=N–C) groups is 1. The van der Waals surface area contributed by atoms with Crippen molar-refractivity contribution >= 4 is 56.5 Å². The second-order valence-corrected chi connectivity index (χ2v) is 9.34. The van der Waals surface area contributed by atoms with E-state index in [1.807, 2.05) is 74.5 Å². The molecule has 1 aliphatic heterocycles. The maximum Gasteiger partial charge on any atom is 0.363 e. The molecule has 0 amide bonds. The number of halogens is 2. The quantitative estimate of drug-likeness (QED) is 0.169. The highest BCUT2D eigenvalue weighted by atomic mass is 127. The van der Waals surface area contributed by atoms with Crippen molar-refractivity contribution in [3.05, 3.63) is 96.7 Å². The highest BCUT2D eigenvalue weighted by molar-refractivity contribution is 14.1. The normalized spacial score (nSPS) is 14.2. The van der Waals surface area contributed by atoms with Crippen LogP contribution >= 0.6 is 38.5 Å². The lowest BCUT2D eigenvalue weighted by atomic mass is 10.1. The summed E-state index contributed by atoms with van der Waals surface area (Å²) >= 11 is 5.81. The molecular formula is C26H21BrINO4. The van der Waals surface area contributed by atoms with E-state index >= 15 is 0 Å². The van der Waals surface area contributed by atoms with Gasteiger partial charge in [-0.05, 0) is 90.0 Å². The smallest absolute Gasteiger partial charge is 0.363 e. The molecule has 7 heteroatoms. The van der Waals surface area contributed by atoms with Crippen LogP contribution in [0.25, 0.3) is 6.08 Å². The summed E-state index contributed by atoms with van der Waals surface area (Å²) in [5.41, 5.74) is 3.92. The van der Waals surface area contributed by atoms with Crippen molar-refractivity contribution in [2.75, 3.05) is 6.61 Å². The van der Waals surface area contributed by atoms with E-state index in [0.29, 0.717) is 30.6 Å². The summed E-state index contributed by atoms with van der Waals surface area (Å²) in [5.74, 6) is 1.06. The topological polar surface area (TPSA) is 57.1 Å². The minimum absolute atomic E-state index is 0.241. The van der Waals surface area contributed by atoms with Gasteiger partial charge in [-0.2, -0.15) is 0 Å². The molecule has 33 heavy (non-hydrogen) atoms. The van der Waals surface area contributed by atoms with Crippen LogP contribution in [0.2, 0.25) is 0 Å². The van der Waals surface area contributed by atoms with Crippen LogP contribution in [0.4, 0.5) is 0 Å². The Balaban J connectivity index is 1.57. The molecule has 0 fully saturated rings. The molecule has 168 valence electrons. The predicted molar refractivity (Wildman–Crippen MR) is 141 cm³/mol. The molecule has 0 saturated heterocycles. The van der Waals surface area contributed by atoms with Crippen LogP contribution in [0.3, 0.4) is 0 Å². The lowest BCUT2D eigenvalue weighted by Crippen LogP contribution is -2.05. The molecule has 0 aromatic heterocycles. The summed E-state index contributed by atoms with van der Waals surface area (Å²) < 4.78 is 19.3. The number of ether oxygens (including phenoxy) is 3. The van der Waals surface area contributed by atoms with Crippen LogP contribution in [0, 0.1) is 10.5 Å². The van der Waals surface area contributed by atoms with E-state index in [9.17, 15) is 4.79 Å². The number of carbonyl (C=O) groups is 1. The van der Waals surface area contributed by atoms with E-state index in [4.69, 9.17) is 14.2 Å². The first-order valence-electron chi connectivity index (χ1n) is 10.4. The van der Waals surface area contributed by atoms with Gasteiger partial charge in [-0.25, -0.2) is 9.79 Å². The summed E-state index contributed by atoms with van der Waals surface area (Å²) in [6.07, 6.45) is 1.69. The summed E-state index contributed by atoms with van der Waals surface area (Å²) in [7, 11) is 0. The van der Waals surface area contributed by atoms with Crippen LogP contribution in [0.1, 0.15) is 29.2 Å². The maximum atomic E-state index is 12.4. The first-order valence-corrected chi connectivity index (χ1v) is 12.2. The van der Waals surface area contributed by atoms with Gasteiger partial charge in [-0.3, -0.25) is 0 Å². The molecule has 0 saturated carbocycles. The second-order valence-electron chi connectivity index (χ2n) is 7.32. The van der Waals surface area contributed by atoms with E-state index in [-0.39, 0.29) is 5.70 Å². The molecule has 0 spiro atoms. The Morgan fingerprint density at radius 1 is 1.06 bits per heavy atom. The molecule has 5 nitrogen and oxygen atoms in total. The lowest BCUT2D eigenvalue weighted by Gasteiger charge is -2.13. The van der Waals surface area contributed by atoms with Crippen LogP contribution in [0.5, 0.6) is 11.5 Å². The van der Waals surface area contributed by atoms with Crippen molar-refractivity contribution in [2.24, 2.45) is 4.99 Å².